The van der Waals surface area contributed by atoms with Gasteiger partial charge in [0.15, 0.2) is 0 Å². The molecule has 0 radical (unpaired) electrons. The predicted octanol–water partition coefficient (Wildman–Crippen LogP) is 3.52. The van der Waals surface area contributed by atoms with Gasteiger partial charge in [0.1, 0.15) is 5.82 Å². The Morgan fingerprint density at radius 2 is 1.81 bits per heavy atom. The molecular formula is C17H22N4. The SMILES string of the molecule is CNc1nc(NCC(C2CC2)C2CC2)c2ccccc2n1. The average Bonchev–Trinajstić information content (AvgIpc) is 3.40. The molecule has 2 aromatic rings. The number of para-hydroxylation sites is 1. The molecule has 2 fully saturated rings. The molecule has 4 heteroatoms. The van der Waals surface area contributed by atoms with Gasteiger partial charge in [0.05, 0.1) is 5.52 Å². The first-order valence-corrected chi connectivity index (χ1v) is 8.03. The van der Waals surface area contributed by atoms with Crippen LogP contribution in [0.4, 0.5) is 11.8 Å². The summed E-state index contributed by atoms with van der Waals surface area (Å²) in [5, 5.41) is 7.78. The van der Waals surface area contributed by atoms with Crippen LogP contribution in [0.3, 0.4) is 0 Å². The molecule has 0 bridgehead atoms. The van der Waals surface area contributed by atoms with Crippen molar-refractivity contribution in [1.29, 1.82) is 0 Å². The lowest BCUT2D eigenvalue weighted by Crippen LogP contribution is -2.19. The third-order valence-electron chi connectivity index (χ3n) is 4.79. The molecular weight excluding hydrogens is 260 g/mol. The van der Waals surface area contributed by atoms with Gasteiger partial charge in [-0.15, -0.1) is 0 Å². The number of rotatable bonds is 6. The summed E-state index contributed by atoms with van der Waals surface area (Å²) in [4.78, 5) is 9.13. The molecule has 1 aromatic carbocycles. The second-order valence-electron chi connectivity index (χ2n) is 6.38. The Morgan fingerprint density at radius 1 is 1.10 bits per heavy atom. The Morgan fingerprint density at radius 3 is 2.48 bits per heavy atom. The minimum Gasteiger partial charge on any atom is -0.369 e. The number of aromatic nitrogens is 2. The molecule has 1 aromatic heterocycles. The summed E-state index contributed by atoms with van der Waals surface area (Å²) in [6.45, 7) is 1.06. The van der Waals surface area contributed by atoms with Gasteiger partial charge in [-0.05, 0) is 55.6 Å². The first-order valence-electron chi connectivity index (χ1n) is 8.03. The van der Waals surface area contributed by atoms with Crippen LogP contribution < -0.4 is 10.6 Å². The van der Waals surface area contributed by atoms with E-state index in [4.69, 9.17) is 0 Å². The standard InChI is InChI=1S/C17H22N4/c1-18-17-20-15-5-3-2-4-13(15)16(21-17)19-10-14(11-6-7-11)12-8-9-12/h2-5,11-12,14H,6-10H2,1H3,(H2,18,19,20,21). The van der Waals surface area contributed by atoms with Crippen LogP contribution in [-0.2, 0) is 0 Å². The second kappa shape index (κ2) is 5.17. The van der Waals surface area contributed by atoms with Crippen molar-refractivity contribution in [2.24, 2.45) is 17.8 Å². The number of anilines is 2. The maximum Gasteiger partial charge on any atom is 0.224 e. The fourth-order valence-corrected chi connectivity index (χ4v) is 3.30. The molecule has 110 valence electrons. The van der Waals surface area contributed by atoms with Crippen LogP contribution in [0, 0.1) is 17.8 Å². The molecule has 2 aliphatic carbocycles. The first-order chi connectivity index (χ1) is 10.3. The van der Waals surface area contributed by atoms with Gasteiger partial charge in [-0.2, -0.15) is 4.98 Å². The van der Waals surface area contributed by atoms with Crippen molar-refractivity contribution in [3.63, 3.8) is 0 Å². The summed E-state index contributed by atoms with van der Waals surface area (Å²) < 4.78 is 0. The number of nitrogens with one attached hydrogen (secondary N) is 2. The molecule has 0 unspecified atom stereocenters. The summed E-state index contributed by atoms with van der Waals surface area (Å²) in [5.41, 5.74) is 0.994. The largest absolute Gasteiger partial charge is 0.369 e. The molecule has 21 heavy (non-hydrogen) atoms. The number of hydrogen-bond donors (Lipinski definition) is 2. The van der Waals surface area contributed by atoms with E-state index in [1.165, 1.54) is 25.7 Å². The summed E-state index contributed by atoms with van der Waals surface area (Å²) in [5.74, 6) is 4.42. The maximum atomic E-state index is 4.62. The van der Waals surface area contributed by atoms with Gasteiger partial charge in [0.25, 0.3) is 0 Å². The molecule has 0 amide bonds. The van der Waals surface area contributed by atoms with Crippen molar-refractivity contribution in [3.05, 3.63) is 24.3 Å². The highest BCUT2D eigenvalue weighted by atomic mass is 15.1. The van der Waals surface area contributed by atoms with E-state index in [1.54, 1.807) is 0 Å². The topological polar surface area (TPSA) is 49.8 Å². The normalized spacial score (nSPS) is 18.2. The Hall–Kier alpha value is -1.84. The molecule has 4 nitrogen and oxygen atoms in total. The van der Waals surface area contributed by atoms with E-state index in [9.17, 15) is 0 Å². The zero-order chi connectivity index (χ0) is 14.2. The van der Waals surface area contributed by atoms with Gasteiger partial charge in [-0.25, -0.2) is 4.98 Å². The van der Waals surface area contributed by atoms with E-state index < -0.39 is 0 Å². The zero-order valence-electron chi connectivity index (χ0n) is 12.5. The summed E-state index contributed by atoms with van der Waals surface area (Å²) in [7, 11) is 1.87. The minimum atomic E-state index is 0.686. The van der Waals surface area contributed by atoms with Crippen molar-refractivity contribution in [1.82, 2.24) is 9.97 Å². The number of nitrogens with zero attached hydrogens (tertiary/aromatic N) is 2. The lowest BCUT2D eigenvalue weighted by Gasteiger charge is -2.18. The van der Waals surface area contributed by atoms with Gasteiger partial charge in [-0.3, -0.25) is 0 Å². The molecule has 2 aliphatic rings. The fraction of sp³-hybridized carbons (Fsp3) is 0.529. The van der Waals surface area contributed by atoms with Crippen molar-refractivity contribution in [3.8, 4) is 0 Å². The van der Waals surface area contributed by atoms with E-state index >= 15 is 0 Å². The monoisotopic (exact) mass is 282 g/mol. The molecule has 2 saturated carbocycles. The van der Waals surface area contributed by atoms with Crippen LogP contribution in [0.1, 0.15) is 25.7 Å². The van der Waals surface area contributed by atoms with Crippen LogP contribution in [0.15, 0.2) is 24.3 Å². The second-order valence-corrected chi connectivity index (χ2v) is 6.38. The highest BCUT2D eigenvalue weighted by molar-refractivity contribution is 5.89. The third kappa shape index (κ3) is 2.67. The van der Waals surface area contributed by atoms with Gasteiger partial charge >= 0.3 is 0 Å². The fourth-order valence-electron chi connectivity index (χ4n) is 3.30. The highest BCUT2D eigenvalue weighted by Crippen LogP contribution is 2.49. The van der Waals surface area contributed by atoms with Crippen molar-refractivity contribution in [2.75, 3.05) is 24.2 Å². The number of hydrogen-bond acceptors (Lipinski definition) is 4. The third-order valence-corrected chi connectivity index (χ3v) is 4.79. The molecule has 2 N–H and O–H groups in total. The minimum absolute atomic E-state index is 0.686. The van der Waals surface area contributed by atoms with Crippen LogP contribution in [0.25, 0.3) is 10.9 Å². The number of fused-ring (bicyclic) bond motifs is 1. The van der Waals surface area contributed by atoms with Crippen LogP contribution in [0.5, 0.6) is 0 Å². The van der Waals surface area contributed by atoms with E-state index in [0.717, 1.165) is 41.0 Å². The Labute approximate surface area is 125 Å². The molecule has 4 rings (SSSR count). The molecule has 1 heterocycles. The number of benzene rings is 1. The Balaban J connectivity index is 1.59. The maximum absolute atomic E-state index is 4.62. The van der Waals surface area contributed by atoms with E-state index in [-0.39, 0.29) is 0 Å². The lowest BCUT2D eigenvalue weighted by molar-refractivity contribution is 0.428. The summed E-state index contributed by atoms with van der Waals surface area (Å²) >= 11 is 0. The summed E-state index contributed by atoms with van der Waals surface area (Å²) in [6.07, 6.45) is 5.70. The van der Waals surface area contributed by atoms with E-state index in [1.807, 2.05) is 19.2 Å². The van der Waals surface area contributed by atoms with Gasteiger partial charge in [0, 0.05) is 19.0 Å². The van der Waals surface area contributed by atoms with E-state index in [2.05, 4.69) is 32.7 Å². The lowest BCUT2D eigenvalue weighted by atomic mass is 9.98. The van der Waals surface area contributed by atoms with Gasteiger partial charge in [-0.1, -0.05) is 12.1 Å². The average molecular weight is 282 g/mol. The molecule has 0 atom stereocenters. The van der Waals surface area contributed by atoms with Crippen molar-refractivity contribution in [2.45, 2.75) is 25.7 Å². The van der Waals surface area contributed by atoms with Gasteiger partial charge < -0.3 is 10.6 Å². The van der Waals surface area contributed by atoms with E-state index in [0.29, 0.717) is 5.95 Å². The predicted molar refractivity (Wildman–Crippen MR) is 86.5 cm³/mol. The van der Waals surface area contributed by atoms with Crippen molar-refractivity contribution < 1.29 is 0 Å². The van der Waals surface area contributed by atoms with Gasteiger partial charge in [0.2, 0.25) is 5.95 Å². The summed E-state index contributed by atoms with van der Waals surface area (Å²) in [6, 6.07) is 8.22. The molecule has 0 spiro atoms. The molecule has 0 saturated heterocycles. The zero-order valence-corrected chi connectivity index (χ0v) is 12.5. The Kier molecular flexibility index (Phi) is 3.17. The van der Waals surface area contributed by atoms with Crippen LogP contribution >= 0.6 is 0 Å². The van der Waals surface area contributed by atoms with Crippen LogP contribution in [0.2, 0.25) is 0 Å². The van der Waals surface area contributed by atoms with Crippen LogP contribution in [-0.4, -0.2) is 23.6 Å². The van der Waals surface area contributed by atoms with Crippen molar-refractivity contribution >= 4 is 22.7 Å². The Bertz CT molecular complexity index is 634. The first kappa shape index (κ1) is 12.9. The smallest absolute Gasteiger partial charge is 0.224 e. The highest BCUT2D eigenvalue weighted by Gasteiger charge is 2.41. The quantitative estimate of drug-likeness (QED) is 0.851. The molecule has 0 aliphatic heterocycles.